The first-order valence-electron chi connectivity index (χ1n) is 4.98. The minimum atomic E-state index is -0.152. The van der Waals surface area contributed by atoms with E-state index in [1.165, 1.54) is 7.11 Å². The number of nitrogens with zero attached hydrogens (tertiary/aromatic N) is 2. The minimum Gasteiger partial charge on any atom is -0.495 e. The molecular weight excluding hydrogens is 240 g/mol. The molecule has 88 valence electrons. The van der Waals surface area contributed by atoms with Gasteiger partial charge in [0.1, 0.15) is 11.4 Å². The Bertz CT molecular complexity index is 563. The zero-order valence-electron chi connectivity index (χ0n) is 9.48. The van der Waals surface area contributed by atoms with Crippen molar-refractivity contribution in [2.75, 3.05) is 7.11 Å². The Kier molecular flexibility index (Phi) is 3.15. The molecule has 2 aromatic rings. The van der Waals surface area contributed by atoms with Crippen LogP contribution in [0.25, 0.3) is 0 Å². The number of methoxy groups -OCH3 is 1. The van der Waals surface area contributed by atoms with E-state index in [1.807, 2.05) is 7.05 Å². The molecule has 0 N–H and O–H groups in total. The van der Waals surface area contributed by atoms with Crippen LogP contribution in [0.15, 0.2) is 30.7 Å². The summed E-state index contributed by atoms with van der Waals surface area (Å²) in [5.41, 5.74) is 0.904. The van der Waals surface area contributed by atoms with Gasteiger partial charge in [0.25, 0.3) is 0 Å². The van der Waals surface area contributed by atoms with Crippen molar-refractivity contribution in [2.24, 2.45) is 7.05 Å². The number of carbonyl (C=O) groups is 1. The summed E-state index contributed by atoms with van der Waals surface area (Å²) in [6.45, 7) is 0. The second kappa shape index (κ2) is 4.59. The van der Waals surface area contributed by atoms with Gasteiger partial charge in [-0.2, -0.15) is 0 Å². The summed E-state index contributed by atoms with van der Waals surface area (Å²) in [6.07, 6.45) is 3.25. The van der Waals surface area contributed by atoms with E-state index in [4.69, 9.17) is 16.3 Å². The monoisotopic (exact) mass is 250 g/mol. The number of imidazole rings is 1. The van der Waals surface area contributed by atoms with Gasteiger partial charge < -0.3 is 9.30 Å². The van der Waals surface area contributed by atoms with Crippen LogP contribution >= 0.6 is 11.6 Å². The van der Waals surface area contributed by atoms with Crippen molar-refractivity contribution >= 4 is 17.4 Å². The van der Waals surface area contributed by atoms with Gasteiger partial charge in [0.2, 0.25) is 5.78 Å². The van der Waals surface area contributed by atoms with Crippen LogP contribution in [0.2, 0.25) is 5.02 Å². The van der Waals surface area contributed by atoms with E-state index in [9.17, 15) is 4.79 Å². The van der Waals surface area contributed by atoms with Crippen molar-refractivity contribution in [3.8, 4) is 5.75 Å². The van der Waals surface area contributed by atoms with Crippen molar-refractivity contribution in [1.29, 1.82) is 0 Å². The Morgan fingerprint density at radius 2 is 2.24 bits per heavy atom. The average Bonchev–Trinajstić information content (AvgIpc) is 2.75. The highest BCUT2D eigenvalue weighted by Gasteiger charge is 2.13. The molecule has 0 bridgehead atoms. The smallest absolute Gasteiger partial charge is 0.213 e. The highest BCUT2D eigenvalue weighted by atomic mass is 35.5. The molecular formula is C12H11ClN2O2. The molecule has 5 heteroatoms. The molecule has 0 aliphatic heterocycles. The first-order chi connectivity index (χ1) is 8.11. The quantitative estimate of drug-likeness (QED) is 0.786. The fourth-order valence-electron chi connectivity index (χ4n) is 1.48. The number of benzene rings is 1. The standard InChI is InChI=1S/C12H11ClN2O2/c1-15-6-10(14-7-15)12(16)8-3-4-9(13)11(5-8)17-2/h3-7H,1-2H3. The molecule has 0 fully saturated rings. The van der Waals surface area contributed by atoms with E-state index in [2.05, 4.69) is 4.98 Å². The summed E-state index contributed by atoms with van der Waals surface area (Å²) in [7, 11) is 3.32. The molecule has 4 nitrogen and oxygen atoms in total. The number of rotatable bonds is 3. The highest BCUT2D eigenvalue weighted by molar-refractivity contribution is 6.32. The number of carbonyl (C=O) groups excluding carboxylic acids is 1. The van der Waals surface area contributed by atoms with E-state index in [-0.39, 0.29) is 5.78 Å². The van der Waals surface area contributed by atoms with Crippen LogP contribution in [0.3, 0.4) is 0 Å². The number of halogens is 1. The molecule has 0 saturated heterocycles. The Labute approximate surface area is 104 Å². The second-order valence-corrected chi connectivity index (χ2v) is 4.01. The normalized spacial score (nSPS) is 10.3. The fraction of sp³-hybridized carbons (Fsp3) is 0.167. The molecule has 0 atom stereocenters. The molecule has 2 rings (SSSR count). The Morgan fingerprint density at radius 3 is 2.82 bits per heavy atom. The summed E-state index contributed by atoms with van der Waals surface area (Å²) < 4.78 is 6.79. The van der Waals surface area contributed by atoms with Crippen molar-refractivity contribution in [3.05, 3.63) is 47.0 Å². The zero-order valence-corrected chi connectivity index (χ0v) is 10.2. The maximum atomic E-state index is 12.1. The van der Waals surface area contributed by atoms with Gasteiger partial charge >= 0.3 is 0 Å². The largest absolute Gasteiger partial charge is 0.495 e. The van der Waals surface area contributed by atoms with E-state index in [0.717, 1.165) is 0 Å². The molecule has 0 radical (unpaired) electrons. The molecule has 0 amide bonds. The van der Waals surface area contributed by atoms with Gasteiger partial charge in [0, 0.05) is 18.8 Å². The molecule has 17 heavy (non-hydrogen) atoms. The lowest BCUT2D eigenvalue weighted by molar-refractivity contribution is 0.103. The van der Waals surface area contributed by atoms with Gasteiger partial charge in [-0.25, -0.2) is 4.98 Å². The van der Waals surface area contributed by atoms with Gasteiger partial charge in [-0.3, -0.25) is 4.79 Å². The topological polar surface area (TPSA) is 44.1 Å². The van der Waals surface area contributed by atoms with E-state index < -0.39 is 0 Å². The number of ether oxygens (including phenoxy) is 1. The minimum absolute atomic E-state index is 0.152. The van der Waals surface area contributed by atoms with Crippen molar-refractivity contribution in [2.45, 2.75) is 0 Å². The first kappa shape index (κ1) is 11.7. The number of aromatic nitrogens is 2. The summed E-state index contributed by atoms with van der Waals surface area (Å²) >= 11 is 5.90. The second-order valence-electron chi connectivity index (χ2n) is 3.60. The van der Waals surface area contributed by atoms with Gasteiger partial charge in [0.15, 0.2) is 0 Å². The number of ketones is 1. The molecule has 0 aliphatic rings. The van der Waals surface area contributed by atoms with Crippen LogP contribution in [-0.4, -0.2) is 22.4 Å². The maximum Gasteiger partial charge on any atom is 0.213 e. The van der Waals surface area contributed by atoms with Crippen LogP contribution in [0.5, 0.6) is 5.75 Å². The maximum absolute atomic E-state index is 12.1. The Balaban J connectivity index is 2.37. The molecule has 0 aliphatic carbocycles. The number of aryl methyl sites for hydroxylation is 1. The predicted molar refractivity (Wildman–Crippen MR) is 64.6 cm³/mol. The van der Waals surface area contributed by atoms with Crippen LogP contribution < -0.4 is 4.74 Å². The van der Waals surface area contributed by atoms with Gasteiger partial charge in [-0.05, 0) is 18.2 Å². The summed E-state index contributed by atoms with van der Waals surface area (Å²) in [4.78, 5) is 16.1. The van der Waals surface area contributed by atoms with Crippen molar-refractivity contribution in [1.82, 2.24) is 9.55 Å². The lowest BCUT2D eigenvalue weighted by Crippen LogP contribution is -2.02. The van der Waals surface area contributed by atoms with Crippen LogP contribution in [0, 0.1) is 0 Å². The van der Waals surface area contributed by atoms with Gasteiger partial charge in [-0.1, -0.05) is 11.6 Å². The first-order valence-corrected chi connectivity index (χ1v) is 5.36. The molecule has 1 aromatic carbocycles. The van der Waals surface area contributed by atoms with Crippen molar-refractivity contribution in [3.63, 3.8) is 0 Å². The van der Waals surface area contributed by atoms with Gasteiger partial charge in [0.05, 0.1) is 18.5 Å². The summed E-state index contributed by atoms with van der Waals surface area (Å²) in [5.74, 6) is 0.328. The van der Waals surface area contributed by atoms with E-state index in [1.54, 1.807) is 35.3 Å². The third-order valence-electron chi connectivity index (χ3n) is 2.35. The van der Waals surface area contributed by atoms with Crippen molar-refractivity contribution < 1.29 is 9.53 Å². The Hall–Kier alpha value is -1.81. The number of hydrogen-bond donors (Lipinski definition) is 0. The highest BCUT2D eigenvalue weighted by Crippen LogP contribution is 2.25. The molecule has 0 unspecified atom stereocenters. The van der Waals surface area contributed by atoms with Crippen LogP contribution in [-0.2, 0) is 7.05 Å². The number of hydrogen-bond acceptors (Lipinski definition) is 3. The van der Waals surface area contributed by atoms with Crippen LogP contribution in [0.1, 0.15) is 16.1 Å². The summed E-state index contributed by atoms with van der Waals surface area (Å²) in [5, 5.41) is 0.477. The SMILES string of the molecule is COc1cc(C(=O)c2cn(C)cn2)ccc1Cl. The Morgan fingerprint density at radius 1 is 1.47 bits per heavy atom. The van der Waals surface area contributed by atoms with E-state index >= 15 is 0 Å². The zero-order chi connectivity index (χ0) is 12.4. The molecule has 0 spiro atoms. The van der Waals surface area contributed by atoms with Gasteiger partial charge in [-0.15, -0.1) is 0 Å². The lowest BCUT2D eigenvalue weighted by Gasteiger charge is -2.04. The molecule has 1 heterocycles. The fourth-order valence-corrected chi connectivity index (χ4v) is 1.67. The molecule has 1 aromatic heterocycles. The third-order valence-corrected chi connectivity index (χ3v) is 2.66. The predicted octanol–water partition coefficient (Wildman–Crippen LogP) is 2.31. The third kappa shape index (κ3) is 2.31. The average molecular weight is 251 g/mol. The van der Waals surface area contributed by atoms with Crippen LogP contribution in [0.4, 0.5) is 0 Å². The molecule has 0 saturated carbocycles. The lowest BCUT2D eigenvalue weighted by atomic mass is 10.1. The summed E-state index contributed by atoms with van der Waals surface area (Å²) in [6, 6.07) is 4.90. The van der Waals surface area contributed by atoms with E-state index in [0.29, 0.717) is 22.0 Å².